The van der Waals surface area contributed by atoms with Crippen molar-refractivity contribution in [2.45, 2.75) is 20.4 Å². The number of nitrogens with zero attached hydrogens (tertiary/aromatic N) is 3. The molecule has 1 aliphatic heterocycles. The van der Waals surface area contributed by atoms with Crippen molar-refractivity contribution in [3.63, 3.8) is 0 Å². The van der Waals surface area contributed by atoms with Gasteiger partial charge in [-0.05, 0) is 13.8 Å². The highest BCUT2D eigenvalue weighted by molar-refractivity contribution is 5.93. The van der Waals surface area contributed by atoms with Crippen LogP contribution in [0.2, 0.25) is 0 Å². The Hall–Kier alpha value is -2.25. The minimum Gasteiger partial charge on any atom is -0.459 e. The summed E-state index contributed by atoms with van der Waals surface area (Å²) in [6.07, 6.45) is 0. The van der Waals surface area contributed by atoms with E-state index in [0.29, 0.717) is 37.6 Å². The van der Waals surface area contributed by atoms with Gasteiger partial charge in [-0.2, -0.15) is 5.10 Å². The first-order valence-corrected chi connectivity index (χ1v) is 6.57. The molecule has 0 spiro atoms. The van der Waals surface area contributed by atoms with Crippen LogP contribution < -0.4 is 11.1 Å². The van der Waals surface area contributed by atoms with Gasteiger partial charge in [0.05, 0.1) is 17.9 Å². The van der Waals surface area contributed by atoms with E-state index in [2.05, 4.69) is 10.4 Å². The maximum absolute atomic E-state index is 12.0. The Morgan fingerprint density at radius 2 is 2.30 bits per heavy atom. The van der Waals surface area contributed by atoms with E-state index in [1.807, 2.05) is 6.92 Å². The van der Waals surface area contributed by atoms with Crippen molar-refractivity contribution in [2.75, 3.05) is 32.0 Å². The fourth-order valence-corrected chi connectivity index (χ4v) is 2.08. The molecular formula is C12H19N5O3. The van der Waals surface area contributed by atoms with Gasteiger partial charge in [0.1, 0.15) is 6.61 Å². The summed E-state index contributed by atoms with van der Waals surface area (Å²) in [4.78, 5) is 24.9. The first kappa shape index (κ1) is 14.2. The summed E-state index contributed by atoms with van der Waals surface area (Å²) in [5.41, 5.74) is 7.06. The third-order valence-electron chi connectivity index (χ3n) is 3.21. The van der Waals surface area contributed by atoms with E-state index in [-0.39, 0.29) is 18.3 Å². The van der Waals surface area contributed by atoms with Crippen molar-refractivity contribution in [2.24, 2.45) is 0 Å². The van der Waals surface area contributed by atoms with Gasteiger partial charge in [-0.1, -0.05) is 0 Å². The standard InChI is InChI=1S/C12H19N5O3/c1-3-17-10(9(13)8(2)15-17)11(18)20-7-6-16-5-4-14-12(16)19/h3-7,13H2,1-2H3,(H,14,19). The van der Waals surface area contributed by atoms with Crippen molar-refractivity contribution < 1.29 is 14.3 Å². The number of nitrogen functional groups attached to an aromatic ring is 1. The van der Waals surface area contributed by atoms with Gasteiger partial charge >= 0.3 is 12.0 Å². The number of anilines is 1. The molecule has 110 valence electrons. The van der Waals surface area contributed by atoms with Crippen LogP contribution in [-0.4, -0.2) is 52.9 Å². The maximum Gasteiger partial charge on any atom is 0.358 e. The lowest BCUT2D eigenvalue weighted by Crippen LogP contribution is -2.32. The number of hydrogen-bond donors (Lipinski definition) is 2. The van der Waals surface area contributed by atoms with Crippen LogP contribution >= 0.6 is 0 Å². The first-order chi connectivity index (χ1) is 9.54. The predicted octanol–water partition coefficient (Wildman–Crippen LogP) is -0.0244. The van der Waals surface area contributed by atoms with Crippen LogP contribution in [0.1, 0.15) is 23.1 Å². The number of esters is 1. The Kier molecular flexibility index (Phi) is 4.11. The van der Waals surface area contributed by atoms with Gasteiger partial charge < -0.3 is 20.7 Å². The molecule has 3 N–H and O–H groups in total. The van der Waals surface area contributed by atoms with Crippen LogP contribution in [0.25, 0.3) is 0 Å². The maximum atomic E-state index is 12.0. The lowest BCUT2D eigenvalue weighted by atomic mass is 10.3. The molecule has 0 aliphatic carbocycles. The minimum atomic E-state index is -0.510. The quantitative estimate of drug-likeness (QED) is 0.738. The largest absolute Gasteiger partial charge is 0.459 e. The average Bonchev–Trinajstić information content (AvgIpc) is 2.95. The van der Waals surface area contributed by atoms with E-state index in [1.54, 1.807) is 11.8 Å². The Labute approximate surface area is 116 Å². The van der Waals surface area contributed by atoms with Crippen LogP contribution in [0.4, 0.5) is 10.5 Å². The molecular weight excluding hydrogens is 262 g/mol. The molecule has 8 nitrogen and oxygen atoms in total. The number of aryl methyl sites for hydroxylation is 2. The molecule has 2 rings (SSSR count). The van der Waals surface area contributed by atoms with E-state index < -0.39 is 5.97 Å². The Morgan fingerprint density at radius 3 is 2.90 bits per heavy atom. The Balaban J connectivity index is 1.93. The third-order valence-corrected chi connectivity index (χ3v) is 3.21. The molecule has 0 saturated carbocycles. The molecule has 2 heterocycles. The van der Waals surface area contributed by atoms with Gasteiger partial charge in [0.25, 0.3) is 0 Å². The highest BCUT2D eigenvalue weighted by Crippen LogP contribution is 2.17. The summed E-state index contributed by atoms with van der Waals surface area (Å²) in [5, 5.41) is 6.85. The van der Waals surface area contributed by atoms with Gasteiger partial charge in [0.2, 0.25) is 0 Å². The van der Waals surface area contributed by atoms with E-state index in [4.69, 9.17) is 10.5 Å². The Morgan fingerprint density at radius 1 is 1.55 bits per heavy atom. The summed E-state index contributed by atoms with van der Waals surface area (Å²) in [6, 6.07) is -0.130. The van der Waals surface area contributed by atoms with E-state index in [1.165, 1.54) is 4.68 Å². The number of hydrogen-bond acceptors (Lipinski definition) is 5. The monoisotopic (exact) mass is 281 g/mol. The van der Waals surface area contributed by atoms with Crippen LogP contribution in [0, 0.1) is 6.92 Å². The zero-order chi connectivity index (χ0) is 14.7. The number of carbonyl (C=O) groups excluding carboxylic acids is 2. The van der Waals surface area contributed by atoms with Crippen LogP contribution in [0.15, 0.2) is 0 Å². The molecule has 0 radical (unpaired) electrons. The summed E-state index contributed by atoms with van der Waals surface area (Å²) >= 11 is 0. The van der Waals surface area contributed by atoms with E-state index >= 15 is 0 Å². The molecule has 1 aromatic heterocycles. The number of nitrogens with one attached hydrogen (secondary N) is 1. The predicted molar refractivity (Wildman–Crippen MR) is 72.3 cm³/mol. The molecule has 1 saturated heterocycles. The lowest BCUT2D eigenvalue weighted by Gasteiger charge is -2.14. The fraction of sp³-hybridized carbons (Fsp3) is 0.583. The summed E-state index contributed by atoms with van der Waals surface area (Å²) in [5.74, 6) is -0.510. The second-order valence-corrected chi connectivity index (χ2v) is 4.52. The zero-order valence-corrected chi connectivity index (χ0v) is 11.7. The molecule has 1 aromatic rings. The summed E-state index contributed by atoms with van der Waals surface area (Å²) < 4.78 is 6.70. The summed E-state index contributed by atoms with van der Waals surface area (Å²) in [7, 11) is 0. The number of aromatic nitrogens is 2. The minimum absolute atomic E-state index is 0.130. The smallest absolute Gasteiger partial charge is 0.358 e. The number of urea groups is 1. The number of ether oxygens (including phenoxy) is 1. The SMILES string of the molecule is CCn1nc(C)c(N)c1C(=O)OCCN1CCNC1=O. The van der Waals surface area contributed by atoms with Gasteiger partial charge in [-0.3, -0.25) is 4.68 Å². The van der Waals surface area contributed by atoms with Gasteiger partial charge in [-0.15, -0.1) is 0 Å². The highest BCUT2D eigenvalue weighted by Gasteiger charge is 2.22. The van der Waals surface area contributed by atoms with Crippen molar-refractivity contribution in [1.29, 1.82) is 0 Å². The molecule has 0 atom stereocenters. The number of nitrogens with two attached hydrogens (primary N) is 1. The third kappa shape index (κ3) is 2.68. The molecule has 1 aliphatic rings. The second kappa shape index (κ2) is 5.81. The Bertz CT molecular complexity index is 525. The van der Waals surface area contributed by atoms with Gasteiger partial charge in [0, 0.05) is 19.6 Å². The van der Waals surface area contributed by atoms with Crippen molar-refractivity contribution >= 4 is 17.7 Å². The number of rotatable bonds is 5. The molecule has 2 amide bonds. The van der Waals surface area contributed by atoms with E-state index in [0.717, 1.165) is 0 Å². The van der Waals surface area contributed by atoms with E-state index in [9.17, 15) is 9.59 Å². The highest BCUT2D eigenvalue weighted by atomic mass is 16.5. The summed E-state index contributed by atoms with van der Waals surface area (Å²) in [6.45, 7) is 5.92. The molecule has 0 aromatic carbocycles. The zero-order valence-electron chi connectivity index (χ0n) is 11.7. The lowest BCUT2D eigenvalue weighted by molar-refractivity contribution is 0.0468. The molecule has 0 unspecified atom stereocenters. The van der Waals surface area contributed by atoms with Gasteiger partial charge in [-0.25, -0.2) is 9.59 Å². The van der Waals surface area contributed by atoms with Gasteiger partial charge in [0.15, 0.2) is 5.69 Å². The van der Waals surface area contributed by atoms with Crippen molar-refractivity contribution in [1.82, 2.24) is 20.0 Å². The first-order valence-electron chi connectivity index (χ1n) is 6.57. The average molecular weight is 281 g/mol. The van der Waals surface area contributed by atoms with Crippen LogP contribution in [0.3, 0.4) is 0 Å². The second-order valence-electron chi connectivity index (χ2n) is 4.52. The fourth-order valence-electron chi connectivity index (χ4n) is 2.08. The molecule has 0 bridgehead atoms. The number of amides is 2. The molecule has 1 fully saturated rings. The normalized spacial score (nSPS) is 14.5. The topological polar surface area (TPSA) is 102 Å². The molecule has 8 heteroatoms. The van der Waals surface area contributed by atoms with Crippen molar-refractivity contribution in [3.8, 4) is 0 Å². The van der Waals surface area contributed by atoms with Crippen LogP contribution in [0.5, 0.6) is 0 Å². The van der Waals surface area contributed by atoms with Crippen molar-refractivity contribution in [3.05, 3.63) is 11.4 Å². The molecule has 20 heavy (non-hydrogen) atoms. The van der Waals surface area contributed by atoms with Crippen LogP contribution in [-0.2, 0) is 11.3 Å². The number of carbonyl (C=O) groups is 2.